The van der Waals surface area contributed by atoms with Crippen LogP contribution in [0.3, 0.4) is 0 Å². The molecule has 0 radical (unpaired) electrons. The lowest BCUT2D eigenvalue weighted by molar-refractivity contribution is -0.0511. The van der Waals surface area contributed by atoms with Gasteiger partial charge in [-0.1, -0.05) is 60.6 Å². The first-order chi connectivity index (χ1) is 20.1. The van der Waals surface area contributed by atoms with E-state index in [1.54, 1.807) is 45.9 Å². The fraction of sp³-hybridized carbons (Fsp3) is 0.500. The summed E-state index contributed by atoms with van der Waals surface area (Å²) in [5.74, 6) is -0.834. The van der Waals surface area contributed by atoms with Crippen molar-refractivity contribution in [2.75, 3.05) is 12.3 Å². The monoisotopic (exact) mass is 719 g/mol. The van der Waals surface area contributed by atoms with E-state index in [-0.39, 0.29) is 27.8 Å². The third-order valence-corrected chi connectivity index (χ3v) is 13.1. The predicted molar refractivity (Wildman–Crippen MR) is 160 cm³/mol. The normalized spacial score (nSPS) is 22.6. The van der Waals surface area contributed by atoms with Gasteiger partial charge in [0.15, 0.2) is 0 Å². The molecule has 6 N–H and O–H groups in total. The van der Waals surface area contributed by atoms with Crippen molar-refractivity contribution in [1.82, 2.24) is 9.55 Å². The molecule has 1 aromatic carbocycles. The number of phosphoric ester groups is 1. The molecular formula is C22H32N3O14P3S2. The van der Waals surface area contributed by atoms with Crippen LogP contribution in [0, 0.1) is 0 Å². The minimum Gasteiger partial charge on any atom is -0.456 e. The van der Waals surface area contributed by atoms with E-state index in [9.17, 15) is 33.1 Å². The highest BCUT2D eigenvalue weighted by atomic mass is 33.1. The molecule has 1 aromatic heterocycles. The Bertz CT molecular complexity index is 1550. The first kappa shape index (κ1) is 36.9. The number of aromatic nitrogens is 2. The number of hydrogen-bond donors (Lipinski definition) is 5. The lowest BCUT2D eigenvalue weighted by Gasteiger charge is -2.23. The standard InChI is InChI=1S/C22H32N3O14P3S2/c1-13(43-44-22(2,3)4)14-7-5-6-8-15(14)20(26)37-16-11-19(25-10-9-18(23)24-21(25)27)36-17(16)12-35-41(31,32)39-42(33,34)38-40(28,29)30/h5-10,13,16-17,19H,11-12H2,1-4H3,(H,31,32)(H,33,34)(H2,23,24,27)(H2,28,29,30)/t13?,16-,17-,19-/m1/s1. The van der Waals surface area contributed by atoms with Crippen molar-refractivity contribution in [2.24, 2.45) is 0 Å². The number of carbonyl (C=O) groups is 1. The molecule has 44 heavy (non-hydrogen) atoms. The van der Waals surface area contributed by atoms with Crippen LogP contribution in [-0.4, -0.2) is 58.7 Å². The Morgan fingerprint density at radius 2 is 1.80 bits per heavy atom. The Labute approximate surface area is 259 Å². The molecule has 1 saturated heterocycles. The van der Waals surface area contributed by atoms with Gasteiger partial charge in [-0.3, -0.25) is 9.09 Å². The molecule has 6 atom stereocenters. The maximum absolute atomic E-state index is 13.4. The minimum atomic E-state index is -5.77. The van der Waals surface area contributed by atoms with E-state index in [0.29, 0.717) is 5.56 Å². The zero-order valence-corrected chi connectivity index (χ0v) is 28.0. The summed E-state index contributed by atoms with van der Waals surface area (Å²) in [5.41, 5.74) is 5.66. The van der Waals surface area contributed by atoms with Gasteiger partial charge in [0.1, 0.15) is 24.3 Å². The van der Waals surface area contributed by atoms with Crippen LogP contribution in [-0.2, 0) is 36.3 Å². The average molecular weight is 720 g/mol. The molecule has 22 heteroatoms. The summed E-state index contributed by atoms with van der Waals surface area (Å²) in [6.07, 6.45) is -2.55. The zero-order valence-electron chi connectivity index (χ0n) is 23.7. The maximum atomic E-state index is 13.4. The lowest BCUT2D eigenvalue weighted by atomic mass is 10.0. The quantitative estimate of drug-likeness (QED) is 0.112. The third-order valence-electron chi connectivity index (χ3n) is 5.48. The number of ether oxygens (including phenoxy) is 2. The van der Waals surface area contributed by atoms with Gasteiger partial charge in [-0.25, -0.2) is 23.3 Å². The summed E-state index contributed by atoms with van der Waals surface area (Å²) >= 11 is 0. The molecular weight excluding hydrogens is 687 g/mol. The second-order valence-corrected chi connectivity index (χ2v) is 18.0. The molecule has 246 valence electrons. The van der Waals surface area contributed by atoms with Gasteiger partial charge >= 0.3 is 35.1 Å². The van der Waals surface area contributed by atoms with Gasteiger partial charge in [-0.15, -0.1) is 0 Å². The number of nitrogen functional groups attached to an aromatic ring is 1. The molecule has 0 spiro atoms. The molecule has 1 aliphatic heterocycles. The van der Waals surface area contributed by atoms with Gasteiger partial charge in [0.2, 0.25) is 0 Å². The number of benzene rings is 1. The van der Waals surface area contributed by atoms with Crippen LogP contribution in [0.2, 0.25) is 0 Å². The van der Waals surface area contributed by atoms with Gasteiger partial charge < -0.3 is 34.8 Å². The number of carbonyl (C=O) groups excluding carboxylic acids is 1. The van der Waals surface area contributed by atoms with Gasteiger partial charge in [0.25, 0.3) is 0 Å². The number of rotatable bonds is 13. The van der Waals surface area contributed by atoms with Crippen molar-refractivity contribution in [3.8, 4) is 0 Å². The van der Waals surface area contributed by atoms with Crippen LogP contribution in [0.15, 0.2) is 41.3 Å². The van der Waals surface area contributed by atoms with E-state index in [1.165, 1.54) is 12.3 Å². The minimum absolute atomic E-state index is 0.0472. The molecule has 3 rings (SSSR count). The molecule has 3 unspecified atom stereocenters. The molecule has 1 fully saturated rings. The van der Waals surface area contributed by atoms with Crippen molar-refractivity contribution in [2.45, 2.75) is 62.5 Å². The van der Waals surface area contributed by atoms with Crippen LogP contribution in [0.5, 0.6) is 0 Å². The van der Waals surface area contributed by atoms with Crippen LogP contribution >= 0.6 is 45.1 Å². The van der Waals surface area contributed by atoms with E-state index >= 15 is 0 Å². The summed E-state index contributed by atoms with van der Waals surface area (Å²) in [7, 11) is -13.7. The summed E-state index contributed by atoms with van der Waals surface area (Å²) < 4.78 is 59.6. The third kappa shape index (κ3) is 11.4. The lowest BCUT2D eigenvalue weighted by Crippen LogP contribution is -2.31. The van der Waals surface area contributed by atoms with E-state index in [2.05, 4.69) is 34.4 Å². The fourth-order valence-electron chi connectivity index (χ4n) is 3.77. The highest BCUT2D eigenvalue weighted by molar-refractivity contribution is 8.77. The number of esters is 1. The first-order valence-electron chi connectivity index (χ1n) is 12.6. The summed E-state index contributed by atoms with van der Waals surface area (Å²) in [6, 6.07) is 8.08. The van der Waals surface area contributed by atoms with Gasteiger partial charge in [0, 0.05) is 22.6 Å². The van der Waals surface area contributed by atoms with Crippen LogP contribution in [0.1, 0.15) is 61.5 Å². The van der Waals surface area contributed by atoms with Gasteiger partial charge in [0.05, 0.1) is 12.2 Å². The highest BCUT2D eigenvalue weighted by Gasteiger charge is 2.44. The average Bonchev–Trinajstić information content (AvgIpc) is 3.25. The Balaban J connectivity index is 1.83. The highest BCUT2D eigenvalue weighted by Crippen LogP contribution is 2.66. The molecule has 2 aromatic rings. The molecule has 17 nitrogen and oxygen atoms in total. The van der Waals surface area contributed by atoms with E-state index < -0.39 is 60.2 Å². The number of phosphoric acid groups is 3. The van der Waals surface area contributed by atoms with Crippen molar-refractivity contribution in [1.29, 1.82) is 0 Å². The Morgan fingerprint density at radius 3 is 2.41 bits per heavy atom. The van der Waals surface area contributed by atoms with Crippen molar-refractivity contribution >= 4 is 56.8 Å². The molecule has 0 amide bonds. The molecule has 0 saturated carbocycles. The Hall–Kier alpha value is -1.56. The smallest absolute Gasteiger partial charge is 0.456 e. The first-order valence-corrected chi connectivity index (χ1v) is 19.3. The number of nitrogens with two attached hydrogens (primary N) is 1. The summed E-state index contributed by atoms with van der Waals surface area (Å²) in [4.78, 5) is 66.2. The molecule has 1 aliphatic rings. The van der Waals surface area contributed by atoms with Crippen LogP contribution in [0.4, 0.5) is 5.82 Å². The number of nitrogens with zero attached hydrogens (tertiary/aromatic N) is 2. The molecule has 2 heterocycles. The fourth-order valence-corrected chi connectivity index (χ4v) is 9.15. The van der Waals surface area contributed by atoms with Crippen LogP contribution < -0.4 is 11.4 Å². The van der Waals surface area contributed by atoms with Crippen molar-refractivity contribution in [3.05, 3.63) is 58.1 Å². The predicted octanol–water partition coefficient (Wildman–Crippen LogP) is 3.92. The van der Waals surface area contributed by atoms with Crippen molar-refractivity contribution < 1.29 is 60.7 Å². The van der Waals surface area contributed by atoms with Gasteiger partial charge in [-0.2, -0.15) is 13.6 Å². The van der Waals surface area contributed by atoms with Crippen molar-refractivity contribution in [3.63, 3.8) is 0 Å². The topological polar surface area (TPSA) is 256 Å². The second-order valence-electron chi connectivity index (χ2n) is 10.3. The number of hydrogen-bond acceptors (Lipinski definition) is 14. The molecule has 0 bridgehead atoms. The number of anilines is 1. The zero-order chi connectivity index (χ0) is 33.1. The SMILES string of the molecule is CC(SSC(C)(C)C)c1ccccc1C(=O)O[C@@H]1C[C@H](n2ccc(N)nc2=O)O[C@@H]1COP(=O)(O)OP(=O)(O)OP(=O)(O)O. The van der Waals surface area contributed by atoms with Gasteiger partial charge in [-0.05, 0) is 24.6 Å². The van der Waals surface area contributed by atoms with E-state index in [4.69, 9.17) is 29.5 Å². The largest absolute Gasteiger partial charge is 0.490 e. The van der Waals surface area contributed by atoms with E-state index in [0.717, 1.165) is 4.57 Å². The second kappa shape index (κ2) is 14.5. The van der Waals surface area contributed by atoms with E-state index in [1.807, 2.05) is 6.92 Å². The Morgan fingerprint density at radius 1 is 1.14 bits per heavy atom. The summed E-state index contributed by atoms with van der Waals surface area (Å²) in [6.45, 7) is 7.18. The van der Waals surface area contributed by atoms with Crippen LogP contribution in [0.25, 0.3) is 0 Å². The summed E-state index contributed by atoms with van der Waals surface area (Å²) in [5, 5.41) is -0.129. The Kier molecular flexibility index (Phi) is 12.1. The maximum Gasteiger partial charge on any atom is 0.490 e. The molecule has 0 aliphatic carbocycles.